The zero-order valence-corrected chi connectivity index (χ0v) is 10.7. The Hall–Kier alpha value is -2.24. The summed E-state index contributed by atoms with van der Waals surface area (Å²) in [6.07, 6.45) is 0.845. The van der Waals surface area contributed by atoms with Gasteiger partial charge in [0.2, 0.25) is 0 Å². The number of rotatable bonds is 3. The number of carbonyl (C=O) groups excluding carboxylic acids is 1. The maximum atomic E-state index is 12.0. The van der Waals surface area contributed by atoms with Crippen molar-refractivity contribution in [2.24, 2.45) is 0 Å². The van der Waals surface area contributed by atoms with Gasteiger partial charge in [0.25, 0.3) is 0 Å². The first kappa shape index (κ1) is 13.2. The van der Waals surface area contributed by atoms with Gasteiger partial charge in [-0.05, 0) is 18.6 Å². The van der Waals surface area contributed by atoms with Gasteiger partial charge in [-0.25, -0.2) is 9.59 Å². The summed E-state index contributed by atoms with van der Waals surface area (Å²) < 4.78 is 5.40. The lowest BCUT2D eigenvalue weighted by atomic mass is 10.1. The second-order valence-corrected chi connectivity index (χ2v) is 4.19. The lowest BCUT2D eigenvalue weighted by molar-refractivity contribution is 0.0692. The van der Waals surface area contributed by atoms with Crippen LogP contribution in [0.4, 0.5) is 10.5 Å². The van der Waals surface area contributed by atoms with Crippen LogP contribution in [0.3, 0.4) is 0 Å². The molecule has 0 fully saturated rings. The Morgan fingerprint density at radius 1 is 1.47 bits per heavy atom. The Kier molecular flexibility index (Phi) is 3.89. The molecule has 0 aliphatic carbocycles. The summed E-state index contributed by atoms with van der Waals surface area (Å²) in [6, 6.07) is 4.53. The predicted octanol–water partition coefficient (Wildman–Crippen LogP) is 1.70. The number of para-hydroxylation sites is 1. The average molecular weight is 264 g/mol. The highest BCUT2D eigenvalue weighted by Crippen LogP contribution is 2.34. The molecule has 2 N–H and O–H groups in total. The zero-order valence-electron chi connectivity index (χ0n) is 10.7. The van der Waals surface area contributed by atoms with Gasteiger partial charge in [-0.3, -0.25) is 4.90 Å². The molecule has 19 heavy (non-hydrogen) atoms. The van der Waals surface area contributed by atoms with Gasteiger partial charge >= 0.3 is 12.0 Å². The number of anilines is 1. The topological polar surface area (TPSA) is 78.9 Å². The monoisotopic (exact) mass is 264 g/mol. The highest BCUT2D eigenvalue weighted by molar-refractivity contribution is 5.99. The largest absolute Gasteiger partial charge is 0.489 e. The van der Waals surface area contributed by atoms with Gasteiger partial charge in [0, 0.05) is 6.54 Å². The third-order valence-corrected chi connectivity index (χ3v) is 2.85. The van der Waals surface area contributed by atoms with E-state index in [0.717, 1.165) is 6.42 Å². The van der Waals surface area contributed by atoms with Gasteiger partial charge in [-0.2, -0.15) is 0 Å². The van der Waals surface area contributed by atoms with Crippen molar-refractivity contribution in [1.29, 1.82) is 0 Å². The molecule has 0 saturated carbocycles. The predicted molar refractivity (Wildman–Crippen MR) is 69.9 cm³/mol. The van der Waals surface area contributed by atoms with E-state index < -0.39 is 5.97 Å². The van der Waals surface area contributed by atoms with Gasteiger partial charge in [-0.1, -0.05) is 13.0 Å². The number of carbonyl (C=O) groups is 2. The standard InChI is InChI=1S/C13H16N2O4/c1-2-6-14-13(18)15-7-8-19-11-9(12(16)17)4-3-5-10(11)15/h3-5H,2,6-8H2,1H3,(H,14,18)(H,16,17). The summed E-state index contributed by atoms with van der Waals surface area (Å²) in [5, 5.41) is 11.9. The molecule has 1 aliphatic heterocycles. The normalized spacial score (nSPS) is 13.4. The van der Waals surface area contributed by atoms with E-state index in [2.05, 4.69) is 5.32 Å². The fourth-order valence-corrected chi connectivity index (χ4v) is 1.96. The lowest BCUT2D eigenvalue weighted by Crippen LogP contribution is -2.44. The number of benzene rings is 1. The van der Waals surface area contributed by atoms with Crippen molar-refractivity contribution in [2.45, 2.75) is 13.3 Å². The molecule has 0 atom stereocenters. The van der Waals surface area contributed by atoms with Crippen molar-refractivity contribution in [1.82, 2.24) is 5.32 Å². The molecule has 0 spiro atoms. The number of nitrogens with one attached hydrogen (secondary N) is 1. The summed E-state index contributed by atoms with van der Waals surface area (Å²) >= 11 is 0. The average Bonchev–Trinajstić information content (AvgIpc) is 2.43. The quantitative estimate of drug-likeness (QED) is 0.871. The number of hydrogen-bond donors (Lipinski definition) is 2. The molecule has 2 amide bonds. The van der Waals surface area contributed by atoms with Gasteiger partial charge in [0.15, 0.2) is 5.75 Å². The Labute approximate surface area is 111 Å². The van der Waals surface area contributed by atoms with E-state index in [1.165, 1.54) is 11.0 Å². The maximum absolute atomic E-state index is 12.0. The van der Waals surface area contributed by atoms with E-state index >= 15 is 0 Å². The molecule has 0 saturated heterocycles. The number of nitrogens with zero attached hydrogens (tertiary/aromatic N) is 1. The third kappa shape index (κ3) is 2.62. The summed E-state index contributed by atoms with van der Waals surface area (Å²) in [4.78, 5) is 24.6. The summed E-state index contributed by atoms with van der Waals surface area (Å²) in [6.45, 7) is 3.25. The fourth-order valence-electron chi connectivity index (χ4n) is 1.96. The van der Waals surface area contributed by atoms with Gasteiger partial charge in [0.05, 0.1) is 12.2 Å². The number of amides is 2. The molecule has 1 heterocycles. The first-order valence-electron chi connectivity index (χ1n) is 6.19. The van der Waals surface area contributed by atoms with Crippen LogP contribution in [0.25, 0.3) is 0 Å². The van der Waals surface area contributed by atoms with Crippen LogP contribution in [0.2, 0.25) is 0 Å². The van der Waals surface area contributed by atoms with Crippen LogP contribution in [0, 0.1) is 0 Å². The van der Waals surface area contributed by atoms with Crippen molar-refractivity contribution in [3.05, 3.63) is 23.8 Å². The smallest absolute Gasteiger partial charge is 0.339 e. The van der Waals surface area contributed by atoms with Gasteiger partial charge in [0.1, 0.15) is 12.2 Å². The molecular formula is C13H16N2O4. The minimum Gasteiger partial charge on any atom is -0.489 e. The Balaban J connectivity index is 2.32. The molecule has 1 aliphatic rings. The minimum absolute atomic E-state index is 0.0745. The number of hydrogen-bond acceptors (Lipinski definition) is 3. The summed E-state index contributed by atoms with van der Waals surface area (Å²) in [7, 11) is 0. The molecule has 6 heteroatoms. The molecule has 0 radical (unpaired) electrons. The van der Waals surface area contributed by atoms with Crippen molar-refractivity contribution in [3.63, 3.8) is 0 Å². The van der Waals surface area contributed by atoms with Crippen LogP contribution in [-0.2, 0) is 0 Å². The van der Waals surface area contributed by atoms with Crippen molar-refractivity contribution in [2.75, 3.05) is 24.6 Å². The van der Waals surface area contributed by atoms with Crippen LogP contribution in [0.1, 0.15) is 23.7 Å². The van der Waals surface area contributed by atoms with Gasteiger partial charge in [-0.15, -0.1) is 0 Å². The zero-order chi connectivity index (χ0) is 13.8. The second-order valence-electron chi connectivity index (χ2n) is 4.19. The van der Waals surface area contributed by atoms with Crippen molar-refractivity contribution in [3.8, 4) is 5.75 Å². The summed E-state index contributed by atoms with van der Waals surface area (Å²) in [5.41, 5.74) is 0.574. The third-order valence-electron chi connectivity index (χ3n) is 2.85. The number of fused-ring (bicyclic) bond motifs is 1. The molecule has 2 rings (SSSR count). The molecule has 102 valence electrons. The number of carboxylic acid groups (broad SMARTS) is 1. The molecule has 1 aromatic rings. The van der Waals surface area contributed by atoms with E-state index in [0.29, 0.717) is 18.8 Å². The Bertz CT molecular complexity index is 501. The van der Waals surface area contributed by atoms with Crippen LogP contribution >= 0.6 is 0 Å². The van der Waals surface area contributed by atoms with Crippen LogP contribution in [-0.4, -0.2) is 36.8 Å². The van der Waals surface area contributed by atoms with Crippen molar-refractivity contribution < 1.29 is 19.4 Å². The molecule has 0 unspecified atom stereocenters. The summed E-state index contributed by atoms with van der Waals surface area (Å²) in [5.74, 6) is -0.805. The molecular weight excluding hydrogens is 248 g/mol. The molecule has 0 bridgehead atoms. The first-order chi connectivity index (χ1) is 9.15. The van der Waals surface area contributed by atoms with E-state index in [1.54, 1.807) is 12.1 Å². The van der Waals surface area contributed by atoms with Crippen LogP contribution in [0.5, 0.6) is 5.75 Å². The highest BCUT2D eigenvalue weighted by Gasteiger charge is 2.27. The minimum atomic E-state index is -1.06. The van der Waals surface area contributed by atoms with Gasteiger partial charge < -0.3 is 15.2 Å². The van der Waals surface area contributed by atoms with Crippen molar-refractivity contribution >= 4 is 17.7 Å². The van der Waals surface area contributed by atoms with Crippen LogP contribution < -0.4 is 15.0 Å². The number of carboxylic acids is 1. The van der Waals surface area contributed by atoms with E-state index in [4.69, 9.17) is 9.84 Å². The number of aromatic carboxylic acids is 1. The first-order valence-corrected chi connectivity index (χ1v) is 6.19. The van der Waals surface area contributed by atoms with Crippen LogP contribution in [0.15, 0.2) is 18.2 Å². The lowest BCUT2D eigenvalue weighted by Gasteiger charge is -2.30. The van der Waals surface area contributed by atoms with E-state index in [9.17, 15) is 9.59 Å². The SMILES string of the molecule is CCCNC(=O)N1CCOc2c(C(=O)O)cccc21. The number of ether oxygens (including phenoxy) is 1. The van der Waals surface area contributed by atoms with E-state index in [1.807, 2.05) is 6.92 Å². The molecule has 6 nitrogen and oxygen atoms in total. The highest BCUT2D eigenvalue weighted by atomic mass is 16.5. The molecule has 1 aromatic carbocycles. The Morgan fingerprint density at radius 2 is 2.26 bits per heavy atom. The maximum Gasteiger partial charge on any atom is 0.339 e. The number of urea groups is 1. The van der Waals surface area contributed by atoms with E-state index in [-0.39, 0.29) is 24.0 Å². The Morgan fingerprint density at radius 3 is 2.95 bits per heavy atom. The second kappa shape index (κ2) is 5.60. The molecule has 0 aromatic heterocycles. The fraction of sp³-hybridized carbons (Fsp3) is 0.385.